The maximum Gasteiger partial charge on any atom is 0.277 e. The molecule has 0 radical (unpaired) electrons. The summed E-state index contributed by atoms with van der Waals surface area (Å²) in [7, 11) is 0. The average molecular weight is 243 g/mol. The Morgan fingerprint density at radius 2 is 2.15 bits per heavy atom. The molecular weight excluding hydrogens is 236 g/mol. The summed E-state index contributed by atoms with van der Waals surface area (Å²) < 4.78 is 2.04. The molecule has 0 atom stereocenters. The second kappa shape index (κ2) is 2.66. The molecule has 0 unspecified atom stereocenters. The monoisotopic (exact) mass is 242 g/mol. The molecule has 0 fully saturated rings. The van der Waals surface area contributed by atoms with E-state index in [1.165, 1.54) is 4.52 Å². The summed E-state index contributed by atoms with van der Waals surface area (Å²) in [4.78, 5) is 18.2. The smallest absolute Gasteiger partial charge is 0.277 e. The van der Waals surface area contributed by atoms with Gasteiger partial charge in [-0.15, -0.1) is 0 Å². The fraction of sp³-hybridized carbons (Fsp3) is 0.286. The minimum absolute atomic E-state index is 0.164. The van der Waals surface area contributed by atoms with Gasteiger partial charge in [-0.2, -0.15) is 9.61 Å². The maximum absolute atomic E-state index is 11.5. The molecule has 0 aliphatic heterocycles. The highest BCUT2D eigenvalue weighted by Gasteiger charge is 2.10. The molecule has 0 amide bonds. The molecule has 0 aromatic carbocycles. The van der Waals surface area contributed by atoms with E-state index in [1.807, 2.05) is 0 Å². The molecule has 2 aromatic heterocycles. The molecule has 1 N–H and O–H groups in total. The van der Waals surface area contributed by atoms with Crippen molar-refractivity contribution in [1.29, 1.82) is 0 Å². The van der Waals surface area contributed by atoms with Crippen LogP contribution in [0.5, 0.6) is 0 Å². The summed E-state index contributed by atoms with van der Waals surface area (Å²) in [6.07, 6.45) is 0. The Hall–Kier alpha value is -1.17. The number of fused-ring (bicyclic) bond motifs is 1. The fourth-order valence-corrected chi connectivity index (χ4v) is 1.76. The number of aryl methyl sites for hydroxylation is 2. The quantitative estimate of drug-likeness (QED) is 0.744. The molecule has 2 rings (SSSR count). The predicted molar refractivity (Wildman–Crippen MR) is 50.8 cm³/mol. The third-order valence-corrected chi connectivity index (χ3v) is 2.26. The summed E-state index contributed by atoms with van der Waals surface area (Å²) in [5.41, 5.74) is 0.987. The van der Waals surface area contributed by atoms with Crippen LogP contribution in [-0.2, 0) is 0 Å². The minimum Gasteiger partial charge on any atom is -0.307 e. The number of nitrogens with zero attached hydrogens (tertiary/aromatic N) is 3. The zero-order valence-electron chi connectivity index (χ0n) is 7.13. The van der Waals surface area contributed by atoms with E-state index in [2.05, 4.69) is 31.0 Å². The fourth-order valence-electron chi connectivity index (χ4n) is 1.23. The first kappa shape index (κ1) is 8.43. The summed E-state index contributed by atoms with van der Waals surface area (Å²) >= 11 is 3.22. The topological polar surface area (TPSA) is 63.1 Å². The highest BCUT2D eigenvalue weighted by Crippen LogP contribution is 2.11. The van der Waals surface area contributed by atoms with Gasteiger partial charge in [0.05, 0.1) is 5.69 Å². The van der Waals surface area contributed by atoms with Gasteiger partial charge in [-0.3, -0.25) is 4.79 Å². The van der Waals surface area contributed by atoms with Crippen LogP contribution < -0.4 is 5.56 Å². The van der Waals surface area contributed by atoms with Crippen LogP contribution in [0.2, 0.25) is 0 Å². The van der Waals surface area contributed by atoms with Crippen LogP contribution in [0.15, 0.2) is 9.53 Å². The van der Waals surface area contributed by atoms with Crippen molar-refractivity contribution in [3.05, 3.63) is 26.6 Å². The Bertz CT molecular complexity index is 527. The van der Waals surface area contributed by atoms with Gasteiger partial charge in [0.2, 0.25) is 0 Å². The number of H-pyrrole nitrogens is 1. The summed E-state index contributed by atoms with van der Waals surface area (Å²) in [6, 6.07) is 0. The lowest BCUT2D eigenvalue weighted by Gasteiger charge is -1.95. The van der Waals surface area contributed by atoms with Crippen LogP contribution in [0, 0.1) is 13.8 Å². The average Bonchev–Trinajstić information content (AvgIpc) is 2.27. The van der Waals surface area contributed by atoms with E-state index in [1.54, 1.807) is 13.8 Å². The largest absolute Gasteiger partial charge is 0.307 e. The van der Waals surface area contributed by atoms with Gasteiger partial charge in [-0.05, 0) is 29.8 Å². The van der Waals surface area contributed by atoms with Crippen LogP contribution in [0.25, 0.3) is 5.52 Å². The number of nitrogens with one attached hydrogen (secondary N) is 1. The molecule has 68 valence electrons. The number of hydrogen-bond donors (Lipinski definition) is 1. The van der Waals surface area contributed by atoms with Gasteiger partial charge in [0.1, 0.15) is 5.82 Å². The van der Waals surface area contributed by atoms with Crippen molar-refractivity contribution in [1.82, 2.24) is 19.6 Å². The Kier molecular flexibility index (Phi) is 1.73. The molecule has 0 saturated heterocycles. The van der Waals surface area contributed by atoms with Crippen LogP contribution in [-0.4, -0.2) is 19.6 Å². The van der Waals surface area contributed by atoms with Gasteiger partial charge in [0.15, 0.2) is 10.3 Å². The maximum atomic E-state index is 11.5. The van der Waals surface area contributed by atoms with Gasteiger partial charge >= 0.3 is 0 Å². The molecule has 0 spiro atoms. The Morgan fingerprint density at radius 3 is 2.85 bits per heavy atom. The van der Waals surface area contributed by atoms with Crippen molar-refractivity contribution >= 4 is 21.4 Å². The molecule has 0 aliphatic carbocycles. The van der Waals surface area contributed by atoms with Crippen molar-refractivity contribution in [3.8, 4) is 0 Å². The number of aromatic amines is 1. The van der Waals surface area contributed by atoms with Crippen LogP contribution in [0.1, 0.15) is 11.5 Å². The van der Waals surface area contributed by atoms with E-state index in [0.717, 1.165) is 0 Å². The van der Waals surface area contributed by atoms with Crippen molar-refractivity contribution in [2.24, 2.45) is 0 Å². The number of hydrogen-bond acceptors (Lipinski definition) is 3. The molecule has 5 nitrogen and oxygen atoms in total. The normalized spacial score (nSPS) is 11.0. The van der Waals surface area contributed by atoms with Crippen LogP contribution in [0.3, 0.4) is 0 Å². The van der Waals surface area contributed by atoms with Crippen molar-refractivity contribution in [3.63, 3.8) is 0 Å². The Labute approximate surface area is 81.9 Å². The highest BCUT2D eigenvalue weighted by atomic mass is 79.9. The first-order chi connectivity index (χ1) is 6.09. The molecular formula is C7H7BrN4O. The van der Waals surface area contributed by atoms with E-state index in [0.29, 0.717) is 21.8 Å². The number of rotatable bonds is 0. The molecule has 0 saturated carbocycles. The van der Waals surface area contributed by atoms with Crippen molar-refractivity contribution in [2.75, 3.05) is 0 Å². The number of aromatic nitrogens is 4. The highest BCUT2D eigenvalue weighted by molar-refractivity contribution is 9.10. The van der Waals surface area contributed by atoms with Crippen molar-refractivity contribution < 1.29 is 0 Å². The molecule has 2 heterocycles. The van der Waals surface area contributed by atoms with E-state index in [9.17, 15) is 4.79 Å². The number of halogens is 1. The standard InChI is InChI=1S/C7H7BrN4O/c1-3-5-6(13)10-4(2)11-12(5)7(8)9-3/h1-2H3,(H,10,11,13). The first-order valence-corrected chi connectivity index (χ1v) is 4.50. The van der Waals surface area contributed by atoms with Gasteiger partial charge in [0, 0.05) is 0 Å². The van der Waals surface area contributed by atoms with Crippen molar-refractivity contribution in [2.45, 2.75) is 13.8 Å². The minimum atomic E-state index is -0.164. The zero-order chi connectivity index (χ0) is 9.59. The lowest BCUT2D eigenvalue weighted by atomic mass is 10.4. The van der Waals surface area contributed by atoms with Gasteiger partial charge in [-0.25, -0.2) is 4.98 Å². The SMILES string of the molecule is Cc1nn2c(Br)nc(C)c2c(=O)[nH]1. The molecule has 13 heavy (non-hydrogen) atoms. The van der Waals surface area contributed by atoms with Gasteiger partial charge in [-0.1, -0.05) is 0 Å². The molecule has 0 aliphatic rings. The van der Waals surface area contributed by atoms with Crippen LogP contribution >= 0.6 is 15.9 Å². The molecule has 2 aromatic rings. The molecule has 0 bridgehead atoms. The van der Waals surface area contributed by atoms with E-state index in [4.69, 9.17) is 0 Å². The third-order valence-electron chi connectivity index (χ3n) is 1.75. The van der Waals surface area contributed by atoms with E-state index >= 15 is 0 Å². The summed E-state index contributed by atoms with van der Waals surface area (Å²) in [5, 5.41) is 4.11. The summed E-state index contributed by atoms with van der Waals surface area (Å²) in [6.45, 7) is 3.50. The Morgan fingerprint density at radius 1 is 1.46 bits per heavy atom. The van der Waals surface area contributed by atoms with Crippen LogP contribution in [0.4, 0.5) is 0 Å². The predicted octanol–water partition coefficient (Wildman–Crippen LogP) is 0.797. The molecule has 6 heteroatoms. The zero-order valence-corrected chi connectivity index (χ0v) is 8.71. The van der Waals surface area contributed by atoms with E-state index in [-0.39, 0.29) is 5.56 Å². The lowest BCUT2D eigenvalue weighted by molar-refractivity contribution is 0.818. The second-order valence-electron chi connectivity index (χ2n) is 2.77. The first-order valence-electron chi connectivity index (χ1n) is 3.71. The third kappa shape index (κ3) is 1.17. The number of imidazole rings is 1. The van der Waals surface area contributed by atoms with E-state index < -0.39 is 0 Å². The van der Waals surface area contributed by atoms with Gasteiger partial charge in [0.25, 0.3) is 5.56 Å². The summed E-state index contributed by atoms with van der Waals surface area (Å²) in [5.74, 6) is 0.565. The second-order valence-corrected chi connectivity index (χ2v) is 3.48. The van der Waals surface area contributed by atoms with Gasteiger partial charge < -0.3 is 4.98 Å². The lowest BCUT2D eigenvalue weighted by Crippen LogP contribution is -2.14. The Balaban J connectivity index is 3.06.